The van der Waals surface area contributed by atoms with E-state index in [4.69, 9.17) is 25.8 Å². The van der Waals surface area contributed by atoms with Gasteiger partial charge in [-0.1, -0.05) is 41.9 Å². The molecule has 6 heteroatoms. The molecule has 3 aromatic carbocycles. The monoisotopic (exact) mass is 511 g/mol. The molecule has 0 aliphatic heterocycles. The second-order valence-electron chi connectivity index (χ2n) is 10.1. The molecule has 0 saturated carbocycles. The lowest BCUT2D eigenvalue weighted by Crippen LogP contribution is -2.37. The molecule has 0 aliphatic rings. The van der Waals surface area contributed by atoms with Gasteiger partial charge in [-0.3, -0.25) is 4.90 Å². The molecule has 0 saturated heterocycles. The van der Waals surface area contributed by atoms with Crippen molar-refractivity contribution in [1.29, 1.82) is 0 Å². The van der Waals surface area contributed by atoms with Crippen LogP contribution in [0.4, 0.5) is 0 Å². The Morgan fingerprint density at radius 2 is 1.56 bits per heavy atom. The zero-order chi connectivity index (χ0) is 26.3. The lowest BCUT2D eigenvalue weighted by Gasteiger charge is -2.32. The number of ether oxygens (including phenoxy) is 3. The summed E-state index contributed by atoms with van der Waals surface area (Å²) in [6, 6.07) is 21.7. The second-order valence-corrected chi connectivity index (χ2v) is 10.5. The Morgan fingerprint density at radius 3 is 2.17 bits per heavy atom. The van der Waals surface area contributed by atoms with E-state index < -0.39 is 6.10 Å². The first-order valence-electron chi connectivity index (χ1n) is 12.2. The van der Waals surface area contributed by atoms with Crippen molar-refractivity contribution in [3.63, 3.8) is 0 Å². The van der Waals surface area contributed by atoms with Gasteiger partial charge in [0.15, 0.2) is 11.5 Å². The maximum Gasteiger partial charge on any atom is 0.160 e. The van der Waals surface area contributed by atoms with Crippen molar-refractivity contribution in [1.82, 2.24) is 4.90 Å². The number of benzene rings is 3. The number of nitrogens with zero attached hydrogens (tertiary/aromatic N) is 1. The summed E-state index contributed by atoms with van der Waals surface area (Å²) in [5.74, 6) is 2.26. The van der Waals surface area contributed by atoms with Gasteiger partial charge < -0.3 is 19.3 Å². The molecule has 0 radical (unpaired) electrons. The van der Waals surface area contributed by atoms with Gasteiger partial charge in [-0.2, -0.15) is 0 Å². The molecule has 0 heterocycles. The van der Waals surface area contributed by atoms with Crippen LogP contribution in [0.15, 0.2) is 66.7 Å². The molecule has 0 aliphatic carbocycles. The van der Waals surface area contributed by atoms with Crippen molar-refractivity contribution >= 4 is 11.6 Å². The van der Waals surface area contributed by atoms with Crippen LogP contribution in [0.1, 0.15) is 50.5 Å². The Kier molecular flexibility index (Phi) is 9.66. The normalized spacial score (nSPS) is 13.4. The number of halogens is 1. The van der Waals surface area contributed by atoms with Crippen molar-refractivity contribution in [2.24, 2.45) is 0 Å². The topological polar surface area (TPSA) is 51.2 Å². The molecule has 194 valence electrons. The van der Waals surface area contributed by atoms with E-state index in [2.05, 4.69) is 30.0 Å². The largest absolute Gasteiger partial charge is 0.493 e. The molecular formula is C30H38ClNO4. The molecule has 0 amide bonds. The van der Waals surface area contributed by atoms with Crippen LogP contribution in [0.2, 0.25) is 5.02 Å². The van der Waals surface area contributed by atoms with E-state index >= 15 is 0 Å². The first-order chi connectivity index (χ1) is 17.1. The molecule has 5 nitrogen and oxygen atoms in total. The van der Waals surface area contributed by atoms with E-state index in [0.29, 0.717) is 29.6 Å². The molecule has 36 heavy (non-hydrogen) atoms. The van der Waals surface area contributed by atoms with Crippen molar-refractivity contribution < 1.29 is 19.3 Å². The highest BCUT2D eigenvalue weighted by Crippen LogP contribution is 2.29. The predicted octanol–water partition coefficient (Wildman–Crippen LogP) is 6.70. The van der Waals surface area contributed by atoms with Gasteiger partial charge in [-0.05, 0) is 87.2 Å². The fraction of sp³-hybridized carbons (Fsp3) is 0.400. The molecule has 2 atom stereocenters. The van der Waals surface area contributed by atoms with Crippen LogP contribution in [-0.4, -0.2) is 42.4 Å². The summed E-state index contributed by atoms with van der Waals surface area (Å²) in [7, 11) is 3.28. The number of rotatable bonds is 11. The number of hydrogen-bond acceptors (Lipinski definition) is 5. The van der Waals surface area contributed by atoms with Crippen molar-refractivity contribution in [3.8, 4) is 17.2 Å². The standard InChI is InChI=1S/C30H38ClNO4/c1-21(16-23-12-15-28(34-5)29(17-23)35-6)32(20-27(33)24-8-7-9-25(31)18-24)19-22-10-13-26(14-11-22)36-30(2,3)4/h7-15,17-18,21,27,33H,16,19-20H2,1-6H3. The molecule has 0 fully saturated rings. The summed E-state index contributed by atoms with van der Waals surface area (Å²) in [6.07, 6.45) is 0.119. The quantitative estimate of drug-likeness (QED) is 0.310. The summed E-state index contributed by atoms with van der Waals surface area (Å²) in [5.41, 5.74) is 2.84. The summed E-state index contributed by atoms with van der Waals surface area (Å²) >= 11 is 6.18. The number of aliphatic hydroxyl groups excluding tert-OH is 1. The summed E-state index contributed by atoms with van der Waals surface area (Å²) in [6.45, 7) is 9.44. The van der Waals surface area contributed by atoms with Crippen molar-refractivity contribution in [2.45, 2.75) is 58.4 Å². The van der Waals surface area contributed by atoms with Crippen LogP contribution < -0.4 is 14.2 Å². The van der Waals surface area contributed by atoms with E-state index in [0.717, 1.165) is 28.9 Å². The fourth-order valence-electron chi connectivity index (χ4n) is 4.17. The van der Waals surface area contributed by atoms with Crippen LogP contribution >= 0.6 is 11.6 Å². The first kappa shape index (κ1) is 27.9. The molecule has 3 aromatic rings. The SMILES string of the molecule is COc1ccc(CC(C)N(Cc2ccc(OC(C)(C)C)cc2)CC(O)c2cccc(Cl)c2)cc1OC. The van der Waals surface area contributed by atoms with E-state index in [9.17, 15) is 5.11 Å². The van der Waals surface area contributed by atoms with Crippen LogP contribution in [0.3, 0.4) is 0 Å². The van der Waals surface area contributed by atoms with Crippen LogP contribution in [-0.2, 0) is 13.0 Å². The molecule has 3 rings (SSSR count). The predicted molar refractivity (Wildman–Crippen MR) is 146 cm³/mol. The Hall–Kier alpha value is -2.73. The minimum atomic E-state index is -0.667. The molecule has 2 unspecified atom stereocenters. The number of hydrogen-bond donors (Lipinski definition) is 1. The lowest BCUT2D eigenvalue weighted by atomic mass is 10.0. The summed E-state index contributed by atoms with van der Waals surface area (Å²) in [5, 5.41) is 11.7. The fourth-order valence-corrected chi connectivity index (χ4v) is 4.37. The van der Waals surface area contributed by atoms with Gasteiger partial charge in [0.1, 0.15) is 11.4 Å². The Bertz CT molecular complexity index is 1110. The average Bonchev–Trinajstić information content (AvgIpc) is 2.83. The van der Waals surface area contributed by atoms with Crippen molar-refractivity contribution in [2.75, 3.05) is 20.8 Å². The smallest absolute Gasteiger partial charge is 0.160 e. The second kappa shape index (κ2) is 12.5. The van der Waals surface area contributed by atoms with E-state index in [1.54, 1.807) is 14.2 Å². The highest BCUT2D eigenvalue weighted by Gasteiger charge is 2.21. The van der Waals surface area contributed by atoms with Gasteiger partial charge in [0, 0.05) is 24.2 Å². The highest BCUT2D eigenvalue weighted by atomic mass is 35.5. The van der Waals surface area contributed by atoms with Gasteiger partial charge in [-0.25, -0.2) is 0 Å². The Labute approximate surface area is 220 Å². The molecule has 0 bridgehead atoms. The molecule has 0 aromatic heterocycles. The van der Waals surface area contributed by atoms with E-state index in [1.807, 2.05) is 69.3 Å². The van der Waals surface area contributed by atoms with Gasteiger partial charge in [0.05, 0.1) is 20.3 Å². The van der Waals surface area contributed by atoms with Gasteiger partial charge in [0.2, 0.25) is 0 Å². The third kappa shape index (κ3) is 8.16. The van der Waals surface area contributed by atoms with Gasteiger partial charge in [-0.15, -0.1) is 0 Å². The first-order valence-corrected chi connectivity index (χ1v) is 12.6. The number of aliphatic hydroxyl groups is 1. The minimum absolute atomic E-state index is 0.141. The molecule has 0 spiro atoms. The minimum Gasteiger partial charge on any atom is -0.493 e. The lowest BCUT2D eigenvalue weighted by molar-refractivity contribution is 0.0858. The van der Waals surface area contributed by atoms with Crippen LogP contribution in [0, 0.1) is 0 Å². The highest BCUT2D eigenvalue weighted by molar-refractivity contribution is 6.30. The third-order valence-corrected chi connectivity index (χ3v) is 6.21. The zero-order valence-electron chi connectivity index (χ0n) is 22.1. The molecule has 1 N–H and O–H groups in total. The van der Waals surface area contributed by atoms with Crippen LogP contribution in [0.25, 0.3) is 0 Å². The van der Waals surface area contributed by atoms with Gasteiger partial charge >= 0.3 is 0 Å². The van der Waals surface area contributed by atoms with E-state index in [1.165, 1.54) is 0 Å². The summed E-state index contributed by atoms with van der Waals surface area (Å²) in [4.78, 5) is 2.29. The Balaban J connectivity index is 1.81. The van der Waals surface area contributed by atoms with Crippen molar-refractivity contribution in [3.05, 3.63) is 88.4 Å². The van der Waals surface area contributed by atoms with E-state index in [-0.39, 0.29) is 11.6 Å². The number of methoxy groups -OCH3 is 2. The van der Waals surface area contributed by atoms with Gasteiger partial charge in [0.25, 0.3) is 0 Å². The van der Waals surface area contributed by atoms with Crippen LogP contribution in [0.5, 0.6) is 17.2 Å². The summed E-state index contributed by atoms with van der Waals surface area (Å²) < 4.78 is 16.8. The molecular weight excluding hydrogens is 474 g/mol. The maximum atomic E-state index is 11.1. The Morgan fingerprint density at radius 1 is 0.889 bits per heavy atom. The zero-order valence-corrected chi connectivity index (χ0v) is 22.9. The average molecular weight is 512 g/mol. The maximum absolute atomic E-state index is 11.1. The third-order valence-electron chi connectivity index (χ3n) is 5.98.